The standard InChI is InChI=1S/C38H37F5N4O2S.C4H6O6/c1-3-45-19-17-30(18-20-45)46(22-25-7-9-26(10-8-25)27-11-14-29(15-12-27)38(41,42)43)34(49)23-47-31(16-13-28-5-4-6-32(39)35(28)40)21-33(48)36-37(47)44-24(2)50-36;5-1(3(7)8)2(6)4(9)10/h4-12,14-15,21,30H,3,13,16-20,22-23H2,1-2H3;1-2,5-6H,(H,7,8)(H,9,10). The van der Waals surface area contributed by atoms with Crippen molar-refractivity contribution in [3.63, 3.8) is 0 Å². The fourth-order valence-corrected chi connectivity index (χ4v) is 7.73. The third-order valence-corrected chi connectivity index (χ3v) is 11.2. The minimum absolute atomic E-state index is 0.0447. The number of benzene rings is 3. The fraction of sp³-hybridized carbons (Fsp3) is 0.357. The largest absolute Gasteiger partial charge is 0.479 e. The molecule has 1 aliphatic rings. The number of carbonyl (C=O) groups excluding carboxylic acids is 1. The number of hydrogen-bond acceptors (Lipinski definition) is 9. The number of piperidine rings is 1. The molecule has 3 heterocycles. The van der Waals surface area contributed by atoms with Gasteiger partial charge in [0.2, 0.25) is 11.3 Å². The maximum Gasteiger partial charge on any atom is 0.416 e. The minimum Gasteiger partial charge on any atom is -0.479 e. The number of aliphatic carboxylic acids is 2. The number of carbonyl (C=O) groups is 3. The van der Waals surface area contributed by atoms with Crippen molar-refractivity contribution in [1.82, 2.24) is 19.4 Å². The van der Waals surface area contributed by atoms with Gasteiger partial charge in [0.1, 0.15) is 11.2 Å². The van der Waals surface area contributed by atoms with E-state index in [0.717, 1.165) is 61.8 Å². The predicted molar refractivity (Wildman–Crippen MR) is 212 cm³/mol. The highest BCUT2D eigenvalue weighted by molar-refractivity contribution is 7.18. The molecule has 2 aromatic heterocycles. The van der Waals surface area contributed by atoms with Gasteiger partial charge < -0.3 is 34.8 Å². The van der Waals surface area contributed by atoms with E-state index in [9.17, 15) is 41.1 Å². The van der Waals surface area contributed by atoms with Crippen LogP contribution in [-0.2, 0) is 46.5 Å². The number of likely N-dealkylation sites (tertiary alicyclic amines) is 1. The number of aromatic nitrogens is 2. The zero-order valence-corrected chi connectivity index (χ0v) is 33.3. The van der Waals surface area contributed by atoms with Crippen molar-refractivity contribution in [3.8, 4) is 11.1 Å². The van der Waals surface area contributed by atoms with Gasteiger partial charge in [0, 0.05) is 37.4 Å². The molecule has 2 unspecified atom stereocenters. The molecule has 0 bridgehead atoms. The van der Waals surface area contributed by atoms with Crippen LogP contribution in [0.2, 0.25) is 0 Å². The lowest BCUT2D eigenvalue weighted by molar-refractivity contribution is -0.165. The normalized spacial score (nSPS) is 14.6. The number of amides is 1. The van der Waals surface area contributed by atoms with Crippen LogP contribution in [0, 0.1) is 18.6 Å². The smallest absolute Gasteiger partial charge is 0.416 e. The number of fused-ring (bicyclic) bond motifs is 1. The first-order chi connectivity index (χ1) is 28.4. The third kappa shape index (κ3) is 11.2. The average molecular weight is 859 g/mol. The number of hydrogen-bond donors (Lipinski definition) is 4. The van der Waals surface area contributed by atoms with E-state index >= 15 is 0 Å². The van der Waals surface area contributed by atoms with Crippen molar-refractivity contribution in [3.05, 3.63) is 122 Å². The Kier molecular flexibility index (Phi) is 14.9. The van der Waals surface area contributed by atoms with Crippen LogP contribution in [0.4, 0.5) is 22.0 Å². The first-order valence-corrected chi connectivity index (χ1v) is 19.7. The number of carboxylic acid groups (broad SMARTS) is 2. The molecule has 1 aliphatic heterocycles. The van der Waals surface area contributed by atoms with Crippen LogP contribution >= 0.6 is 11.3 Å². The van der Waals surface area contributed by atoms with Gasteiger partial charge >= 0.3 is 18.1 Å². The SMILES string of the molecule is CCN1CCC(N(Cc2ccc(-c3ccc(C(F)(F)F)cc3)cc2)C(=O)Cn2c(CCc3cccc(F)c3F)cc(=O)c3sc(C)nc32)CC1.O=C(O)C(O)C(O)C(=O)O. The number of nitrogens with zero attached hydrogens (tertiary/aromatic N) is 4. The molecule has 0 spiro atoms. The van der Waals surface area contributed by atoms with Gasteiger partial charge in [-0.25, -0.2) is 23.4 Å². The van der Waals surface area contributed by atoms with E-state index in [4.69, 9.17) is 20.4 Å². The molecule has 6 rings (SSSR count). The van der Waals surface area contributed by atoms with Crippen LogP contribution in [0.5, 0.6) is 0 Å². The monoisotopic (exact) mass is 858 g/mol. The summed E-state index contributed by atoms with van der Waals surface area (Å²) < 4.78 is 69.9. The Morgan fingerprint density at radius 2 is 1.48 bits per heavy atom. The van der Waals surface area contributed by atoms with Crippen LogP contribution in [0.1, 0.15) is 47.2 Å². The summed E-state index contributed by atoms with van der Waals surface area (Å²) in [5.74, 6) is -5.58. The number of aliphatic hydroxyl groups excluding tert-OH is 2. The summed E-state index contributed by atoms with van der Waals surface area (Å²) in [6.07, 6.45) is -7.07. The molecule has 2 atom stereocenters. The van der Waals surface area contributed by atoms with Crippen molar-refractivity contribution >= 4 is 39.5 Å². The molecule has 4 N–H and O–H groups in total. The summed E-state index contributed by atoms with van der Waals surface area (Å²) in [5, 5.41) is 33.2. The van der Waals surface area contributed by atoms with Crippen LogP contribution in [0.3, 0.4) is 0 Å². The van der Waals surface area contributed by atoms with Crippen LogP contribution in [0.25, 0.3) is 21.5 Å². The second-order valence-corrected chi connectivity index (χ2v) is 15.4. The van der Waals surface area contributed by atoms with Crippen molar-refractivity contribution in [1.29, 1.82) is 0 Å². The Balaban J connectivity index is 0.000000606. The van der Waals surface area contributed by atoms with Crippen LogP contribution in [-0.4, -0.2) is 95.5 Å². The predicted octanol–water partition coefficient (Wildman–Crippen LogP) is 5.91. The second kappa shape index (κ2) is 19.7. The molecule has 18 heteroatoms. The van der Waals surface area contributed by atoms with Gasteiger partial charge in [0.15, 0.2) is 29.5 Å². The van der Waals surface area contributed by atoms with E-state index in [0.29, 0.717) is 33.2 Å². The van der Waals surface area contributed by atoms with Gasteiger partial charge in [-0.3, -0.25) is 9.59 Å². The molecule has 12 nitrogen and oxygen atoms in total. The minimum atomic E-state index is -4.41. The van der Waals surface area contributed by atoms with Gasteiger partial charge in [-0.1, -0.05) is 55.5 Å². The number of aliphatic hydroxyl groups is 2. The summed E-state index contributed by atoms with van der Waals surface area (Å²) in [6.45, 7) is 6.71. The lowest BCUT2D eigenvalue weighted by Gasteiger charge is -2.38. The Morgan fingerprint density at radius 1 is 0.900 bits per heavy atom. The highest BCUT2D eigenvalue weighted by Gasteiger charge is 2.31. The number of halogens is 5. The van der Waals surface area contributed by atoms with Crippen LogP contribution < -0.4 is 5.43 Å². The molecule has 0 radical (unpaired) electrons. The summed E-state index contributed by atoms with van der Waals surface area (Å²) in [6, 6.07) is 17.9. The molecular weight excluding hydrogens is 816 g/mol. The Bertz CT molecular complexity index is 2340. The summed E-state index contributed by atoms with van der Waals surface area (Å²) in [4.78, 5) is 55.9. The fourth-order valence-electron chi connectivity index (χ4n) is 6.89. The third-order valence-electron chi connectivity index (χ3n) is 10.2. The van der Waals surface area contributed by atoms with Gasteiger partial charge in [-0.2, -0.15) is 13.2 Å². The van der Waals surface area contributed by atoms with E-state index < -0.39 is 47.5 Å². The average Bonchev–Trinajstić information content (AvgIpc) is 3.63. The number of aryl methyl sites for hydroxylation is 3. The van der Waals surface area contributed by atoms with Gasteiger partial charge in [-0.05, 0) is 79.6 Å². The zero-order chi connectivity index (χ0) is 43.9. The number of rotatable bonds is 13. The van der Waals surface area contributed by atoms with Gasteiger partial charge in [0.25, 0.3) is 0 Å². The molecular formula is C42H43F5N4O8S. The first-order valence-electron chi connectivity index (χ1n) is 18.9. The zero-order valence-electron chi connectivity index (χ0n) is 32.5. The molecule has 1 fully saturated rings. The molecule has 320 valence electrons. The first kappa shape index (κ1) is 45.5. The van der Waals surface area contributed by atoms with Crippen molar-refractivity contribution in [2.75, 3.05) is 19.6 Å². The van der Waals surface area contributed by atoms with Crippen molar-refractivity contribution in [2.45, 2.75) is 77.0 Å². The van der Waals surface area contributed by atoms with Crippen molar-refractivity contribution in [2.24, 2.45) is 0 Å². The number of carboxylic acids is 2. The number of pyridine rings is 1. The van der Waals surface area contributed by atoms with Crippen LogP contribution in [0.15, 0.2) is 77.6 Å². The highest BCUT2D eigenvalue weighted by atomic mass is 32.1. The summed E-state index contributed by atoms with van der Waals surface area (Å²) >= 11 is 1.25. The topological polar surface area (TPSA) is 173 Å². The van der Waals surface area contributed by atoms with Gasteiger partial charge in [0.05, 0.1) is 10.6 Å². The summed E-state index contributed by atoms with van der Waals surface area (Å²) in [5.41, 5.74) is 2.40. The summed E-state index contributed by atoms with van der Waals surface area (Å²) in [7, 11) is 0. The van der Waals surface area contributed by atoms with E-state index in [1.54, 1.807) is 11.5 Å². The second-order valence-electron chi connectivity index (χ2n) is 14.2. The molecule has 60 heavy (non-hydrogen) atoms. The van der Waals surface area contributed by atoms with E-state index in [2.05, 4.69) is 16.8 Å². The lowest BCUT2D eigenvalue weighted by Crippen LogP contribution is -2.48. The molecule has 3 aromatic carbocycles. The molecule has 1 amide bonds. The van der Waals surface area contributed by atoms with E-state index in [-0.39, 0.29) is 42.3 Å². The Labute approximate surface area is 344 Å². The molecule has 1 saturated heterocycles. The van der Waals surface area contributed by atoms with E-state index in [1.165, 1.54) is 41.7 Å². The lowest BCUT2D eigenvalue weighted by atomic mass is 10.00. The quantitative estimate of drug-likeness (QED) is 0.104. The number of alkyl halides is 3. The van der Waals surface area contributed by atoms with Crippen molar-refractivity contribution < 1.29 is 56.8 Å². The molecule has 0 aliphatic carbocycles. The van der Waals surface area contributed by atoms with E-state index in [1.807, 2.05) is 29.2 Å². The van der Waals surface area contributed by atoms with Gasteiger partial charge in [-0.15, -0.1) is 11.3 Å². The number of thiazole rings is 1. The molecule has 5 aromatic rings. The maximum atomic E-state index is 14.5. The highest BCUT2D eigenvalue weighted by Crippen LogP contribution is 2.31. The Morgan fingerprint density at radius 3 is 2.03 bits per heavy atom. The maximum absolute atomic E-state index is 14.5. The Hall–Kier alpha value is -5.56. The molecule has 0 saturated carbocycles.